The molecule has 1 aromatic heterocycles. The molecule has 2 aromatic rings. The van der Waals surface area contributed by atoms with Crippen LogP contribution in [0.1, 0.15) is 16.7 Å². The zero-order valence-electron chi connectivity index (χ0n) is 14.4. The molecule has 1 fully saturated rings. The van der Waals surface area contributed by atoms with Gasteiger partial charge in [-0.2, -0.15) is 18.4 Å². The Kier molecular flexibility index (Phi) is 5.31. The van der Waals surface area contributed by atoms with Gasteiger partial charge in [-0.25, -0.2) is 4.98 Å². The Labute approximate surface area is 154 Å². The molecule has 1 amide bonds. The second-order valence-electron chi connectivity index (χ2n) is 6.23. The monoisotopic (exact) mass is 374 g/mol. The Bertz CT molecular complexity index is 850. The summed E-state index contributed by atoms with van der Waals surface area (Å²) in [5.41, 5.74) is 0.310. The Balaban J connectivity index is 1.58. The van der Waals surface area contributed by atoms with Crippen molar-refractivity contribution < 1.29 is 18.0 Å². The number of anilines is 1. The van der Waals surface area contributed by atoms with Crippen LogP contribution in [0.5, 0.6) is 0 Å². The van der Waals surface area contributed by atoms with Gasteiger partial charge >= 0.3 is 6.18 Å². The number of benzene rings is 1. The van der Waals surface area contributed by atoms with Crippen molar-refractivity contribution in [3.8, 4) is 6.07 Å². The van der Waals surface area contributed by atoms with Gasteiger partial charge in [-0.15, -0.1) is 0 Å². The van der Waals surface area contributed by atoms with Gasteiger partial charge in [-0.3, -0.25) is 4.79 Å². The van der Waals surface area contributed by atoms with Crippen LogP contribution < -0.4 is 4.90 Å². The first kappa shape index (κ1) is 18.7. The van der Waals surface area contributed by atoms with Crippen LogP contribution in [0.25, 0.3) is 0 Å². The number of alkyl halides is 3. The van der Waals surface area contributed by atoms with Gasteiger partial charge in [-0.05, 0) is 29.8 Å². The summed E-state index contributed by atoms with van der Waals surface area (Å²) < 4.78 is 37.8. The predicted molar refractivity (Wildman–Crippen MR) is 92.9 cm³/mol. The second kappa shape index (κ2) is 7.66. The highest BCUT2D eigenvalue weighted by Crippen LogP contribution is 2.29. The van der Waals surface area contributed by atoms with Crippen LogP contribution >= 0.6 is 0 Å². The maximum atomic E-state index is 12.6. The van der Waals surface area contributed by atoms with E-state index in [1.165, 1.54) is 12.1 Å². The maximum Gasteiger partial charge on any atom is 0.416 e. The van der Waals surface area contributed by atoms with Crippen molar-refractivity contribution in [1.82, 2.24) is 9.88 Å². The smallest absolute Gasteiger partial charge is 0.352 e. The first-order chi connectivity index (χ1) is 12.9. The van der Waals surface area contributed by atoms with E-state index in [9.17, 15) is 23.2 Å². The molecule has 0 spiro atoms. The van der Waals surface area contributed by atoms with E-state index in [0.717, 1.165) is 12.1 Å². The molecule has 0 unspecified atom stereocenters. The van der Waals surface area contributed by atoms with Crippen LogP contribution in [0.2, 0.25) is 0 Å². The lowest BCUT2D eigenvalue weighted by atomic mass is 10.1. The molecule has 0 bridgehead atoms. The van der Waals surface area contributed by atoms with Crippen LogP contribution in [0.15, 0.2) is 42.6 Å². The number of hydrogen-bond donors (Lipinski definition) is 0. The van der Waals surface area contributed by atoms with Crippen molar-refractivity contribution in [3.05, 3.63) is 59.3 Å². The Hall–Kier alpha value is -3.08. The average molecular weight is 374 g/mol. The molecule has 0 radical (unpaired) electrons. The number of piperazine rings is 1. The quantitative estimate of drug-likeness (QED) is 0.829. The molecular formula is C19H17F3N4O. The van der Waals surface area contributed by atoms with Crippen LogP contribution in [0, 0.1) is 11.3 Å². The molecule has 2 heterocycles. The van der Waals surface area contributed by atoms with Gasteiger partial charge in [0.1, 0.15) is 11.9 Å². The standard InChI is InChI=1S/C19H17F3N4O/c20-19(21,22)16-5-3-14(4-6-16)12-17(27)25-8-10-26(11-9-25)18-15(13-23)2-1-7-24-18/h1-7H,8-12H2. The molecular weight excluding hydrogens is 357 g/mol. The number of aromatic nitrogens is 1. The fourth-order valence-corrected chi connectivity index (χ4v) is 3.00. The van der Waals surface area contributed by atoms with E-state index in [4.69, 9.17) is 0 Å². The van der Waals surface area contributed by atoms with Gasteiger partial charge in [0.05, 0.1) is 17.5 Å². The number of pyridine rings is 1. The lowest BCUT2D eigenvalue weighted by Gasteiger charge is -2.35. The van der Waals surface area contributed by atoms with Crippen molar-refractivity contribution >= 4 is 11.7 Å². The number of carbonyl (C=O) groups is 1. The highest BCUT2D eigenvalue weighted by molar-refractivity contribution is 5.79. The van der Waals surface area contributed by atoms with Gasteiger partial charge in [0.2, 0.25) is 5.91 Å². The summed E-state index contributed by atoms with van der Waals surface area (Å²) in [5.74, 6) is 0.478. The molecule has 0 N–H and O–H groups in total. The van der Waals surface area contributed by atoms with E-state index in [1.807, 2.05) is 4.90 Å². The van der Waals surface area contributed by atoms with Crippen LogP contribution in [-0.2, 0) is 17.4 Å². The fourth-order valence-electron chi connectivity index (χ4n) is 3.00. The number of nitrogens with zero attached hydrogens (tertiary/aromatic N) is 4. The molecule has 3 rings (SSSR count). The number of amides is 1. The summed E-state index contributed by atoms with van der Waals surface area (Å²) in [4.78, 5) is 20.3. The van der Waals surface area contributed by atoms with Crippen molar-refractivity contribution in [2.75, 3.05) is 31.1 Å². The van der Waals surface area contributed by atoms with Crippen molar-refractivity contribution in [2.45, 2.75) is 12.6 Å². The number of nitriles is 1. The van der Waals surface area contributed by atoms with E-state index >= 15 is 0 Å². The minimum Gasteiger partial charge on any atom is -0.352 e. The third-order valence-electron chi connectivity index (χ3n) is 4.48. The minimum absolute atomic E-state index is 0.0607. The zero-order valence-corrected chi connectivity index (χ0v) is 14.4. The summed E-state index contributed by atoms with van der Waals surface area (Å²) in [6.07, 6.45) is -2.70. The lowest BCUT2D eigenvalue weighted by Crippen LogP contribution is -2.49. The van der Waals surface area contributed by atoms with E-state index in [2.05, 4.69) is 11.1 Å². The van der Waals surface area contributed by atoms with Crippen molar-refractivity contribution in [2.24, 2.45) is 0 Å². The average Bonchev–Trinajstić information content (AvgIpc) is 2.68. The molecule has 1 saturated heterocycles. The molecule has 8 heteroatoms. The third kappa shape index (κ3) is 4.37. The van der Waals surface area contributed by atoms with Gasteiger partial charge in [0.25, 0.3) is 0 Å². The highest BCUT2D eigenvalue weighted by Gasteiger charge is 2.30. The largest absolute Gasteiger partial charge is 0.416 e. The van der Waals surface area contributed by atoms with Crippen molar-refractivity contribution in [1.29, 1.82) is 5.26 Å². The van der Waals surface area contributed by atoms with E-state index < -0.39 is 11.7 Å². The molecule has 27 heavy (non-hydrogen) atoms. The molecule has 140 valence electrons. The molecule has 1 aromatic carbocycles. The third-order valence-corrected chi connectivity index (χ3v) is 4.48. The molecule has 5 nitrogen and oxygen atoms in total. The maximum absolute atomic E-state index is 12.6. The predicted octanol–water partition coefficient (Wildman–Crippen LogP) is 2.86. The van der Waals surface area contributed by atoms with E-state index in [1.54, 1.807) is 23.2 Å². The van der Waals surface area contributed by atoms with Crippen molar-refractivity contribution in [3.63, 3.8) is 0 Å². The Morgan fingerprint density at radius 3 is 2.37 bits per heavy atom. The topological polar surface area (TPSA) is 60.2 Å². The summed E-state index contributed by atoms with van der Waals surface area (Å²) in [5, 5.41) is 9.17. The molecule has 0 atom stereocenters. The van der Waals surface area contributed by atoms with Crippen LogP contribution in [0.3, 0.4) is 0 Å². The molecule has 1 aliphatic heterocycles. The summed E-state index contributed by atoms with van der Waals surface area (Å²) in [7, 11) is 0. The van der Waals surface area contributed by atoms with Gasteiger partial charge in [0.15, 0.2) is 0 Å². The SMILES string of the molecule is N#Cc1cccnc1N1CCN(C(=O)Cc2ccc(C(F)(F)F)cc2)CC1. The minimum atomic E-state index is -4.38. The van der Waals surface area contributed by atoms with Gasteiger partial charge in [0, 0.05) is 32.4 Å². The normalized spacial score (nSPS) is 14.7. The van der Waals surface area contributed by atoms with Crippen LogP contribution in [0.4, 0.5) is 19.0 Å². The van der Waals surface area contributed by atoms with Gasteiger partial charge < -0.3 is 9.80 Å². The Morgan fingerprint density at radius 1 is 1.11 bits per heavy atom. The lowest BCUT2D eigenvalue weighted by molar-refractivity contribution is -0.137. The van der Waals surface area contributed by atoms with Gasteiger partial charge in [-0.1, -0.05) is 12.1 Å². The molecule has 0 saturated carbocycles. The molecule has 1 aliphatic rings. The summed E-state index contributed by atoms with van der Waals surface area (Å²) in [6, 6.07) is 10.2. The van der Waals surface area contributed by atoms with E-state index in [-0.39, 0.29) is 12.3 Å². The Morgan fingerprint density at radius 2 is 1.78 bits per heavy atom. The first-order valence-electron chi connectivity index (χ1n) is 8.42. The zero-order chi connectivity index (χ0) is 19.4. The molecule has 0 aliphatic carbocycles. The summed E-state index contributed by atoms with van der Waals surface area (Å²) >= 11 is 0. The first-order valence-corrected chi connectivity index (χ1v) is 8.42. The number of halogens is 3. The number of carbonyl (C=O) groups excluding carboxylic acids is 1. The summed E-state index contributed by atoms with van der Waals surface area (Å²) in [6.45, 7) is 2.04. The number of rotatable bonds is 3. The van der Waals surface area contributed by atoms with E-state index in [0.29, 0.717) is 43.1 Å². The fraction of sp³-hybridized carbons (Fsp3) is 0.316. The number of hydrogen-bond acceptors (Lipinski definition) is 4. The highest BCUT2D eigenvalue weighted by atomic mass is 19.4. The van der Waals surface area contributed by atoms with Crippen LogP contribution in [-0.4, -0.2) is 42.0 Å². The second-order valence-corrected chi connectivity index (χ2v) is 6.23.